The number of carbonyl (C=O) groups excluding carboxylic acids is 1. The van der Waals surface area contributed by atoms with Gasteiger partial charge in [0.1, 0.15) is 12.4 Å². The van der Waals surface area contributed by atoms with E-state index in [1.54, 1.807) is 0 Å². The first-order chi connectivity index (χ1) is 8.75. The van der Waals surface area contributed by atoms with E-state index in [0.29, 0.717) is 13.2 Å². The van der Waals surface area contributed by atoms with Crippen molar-refractivity contribution in [2.24, 2.45) is 5.92 Å². The molecule has 1 aromatic carbocycles. The van der Waals surface area contributed by atoms with Crippen LogP contribution in [0.25, 0.3) is 0 Å². The monoisotopic (exact) mass is 248 g/mol. The number of amides is 1. The zero-order chi connectivity index (χ0) is 12.8. The van der Waals surface area contributed by atoms with Crippen molar-refractivity contribution in [3.05, 3.63) is 29.8 Å². The summed E-state index contributed by atoms with van der Waals surface area (Å²) in [6, 6.07) is 7.91. The van der Waals surface area contributed by atoms with Gasteiger partial charge in [-0.2, -0.15) is 0 Å². The van der Waals surface area contributed by atoms with E-state index in [2.05, 4.69) is 10.6 Å². The smallest absolute Gasteiger partial charge is 0.224 e. The van der Waals surface area contributed by atoms with Gasteiger partial charge in [0.15, 0.2) is 0 Å². The highest BCUT2D eigenvalue weighted by atomic mass is 16.5. The third kappa shape index (κ3) is 3.74. The molecule has 1 unspecified atom stereocenters. The summed E-state index contributed by atoms with van der Waals surface area (Å²) in [5, 5.41) is 6.09. The summed E-state index contributed by atoms with van der Waals surface area (Å²) >= 11 is 0. The topological polar surface area (TPSA) is 50.4 Å². The van der Waals surface area contributed by atoms with Gasteiger partial charge in [0, 0.05) is 6.54 Å². The Kier molecular flexibility index (Phi) is 4.59. The molecular formula is C14H20N2O2. The maximum Gasteiger partial charge on any atom is 0.224 e. The molecule has 1 saturated heterocycles. The third-order valence-electron chi connectivity index (χ3n) is 3.09. The minimum Gasteiger partial charge on any atom is -0.492 e. The molecule has 2 rings (SSSR count). The zero-order valence-corrected chi connectivity index (χ0v) is 10.7. The Labute approximate surface area is 108 Å². The van der Waals surface area contributed by atoms with E-state index in [4.69, 9.17) is 4.74 Å². The normalized spacial score (nSPS) is 18.6. The first-order valence-electron chi connectivity index (χ1n) is 6.43. The highest BCUT2D eigenvalue weighted by molar-refractivity contribution is 5.79. The van der Waals surface area contributed by atoms with E-state index >= 15 is 0 Å². The maximum atomic E-state index is 11.7. The van der Waals surface area contributed by atoms with Crippen molar-refractivity contribution in [3.8, 4) is 5.75 Å². The summed E-state index contributed by atoms with van der Waals surface area (Å²) in [5.41, 5.74) is 1.17. The predicted molar refractivity (Wildman–Crippen MR) is 70.7 cm³/mol. The lowest BCUT2D eigenvalue weighted by atomic mass is 10.1. The molecule has 4 heteroatoms. The van der Waals surface area contributed by atoms with E-state index in [1.165, 1.54) is 5.56 Å². The molecule has 1 atom stereocenters. The molecule has 0 bridgehead atoms. The molecule has 0 aromatic heterocycles. The van der Waals surface area contributed by atoms with Gasteiger partial charge in [0.05, 0.1) is 12.5 Å². The van der Waals surface area contributed by atoms with Crippen molar-refractivity contribution >= 4 is 5.91 Å². The second-order valence-corrected chi connectivity index (χ2v) is 4.65. The SMILES string of the molecule is Cc1cccc(OCCNC(=O)C2CCNC2)c1. The Bertz CT molecular complexity index is 401. The van der Waals surface area contributed by atoms with Gasteiger partial charge in [-0.05, 0) is 37.6 Å². The molecule has 1 heterocycles. The second-order valence-electron chi connectivity index (χ2n) is 4.65. The van der Waals surface area contributed by atoms with Crippen LogP contribution in [0.5, 0.6) is 5.75 Å². The van der Waals surface area contributed by atoms with Crippen LogP contribution in [0.1, 0.15) is 12.0 Å². The van der Waals surface area contributed by atoms with Crippen molar-refractivity contribution in [1.82, 2.24) is 10.6 Å². The van der Waals surface area contributed by atoms with Gasteiger partial charge < -0.3 is 15.4 Å². The Hall–Kier alpha value is -1.55. The van der Waals surface area contributed by atoms with Gasteiger partial charge >= 0.3 is 0 Å². The summed E-state index contributed by atoms with van der Waals surface area (Å²) in [6.45, 7) is 4.84. The molecule has 0 saturated carbocycles. The predicted octanol–water partition coefficient (Wildman–Crippen LogP) is 1.10. The van der Waals surface area contributed by atoms with Crippen molar-refractivity contribution in [3.63, 3.8) is 0 Å². The number of nitrogens with one attached hydrogen (secondary N) is 2. The van der Waals surface area contributed by atoms with Crippen molar-refractivity contribution in [1.29, 1.82) is 0 Å². The fourth-order valence-electron chi connectivity index (χ4n) is 2.07. The van der Waals surface area contributed by atoms with E-state index < -0.39 is 0 Å². The van der Waals surface area contributed by atoms with Gasteiger partial charge in [-0.15, -0.1) is 0 Å². The van der Waals surface area contributed by atoms with E-state index in [0.717, 1.165) is 25.3 Å². The Morgan fingerprint density at radius 2 is 2.44 bits per heavy atom. The maximum absolute atomic E-state index is 11.7. The number of hydrogen-bond acceptors (Lipinski definition) is 3. The lowest BCUT2D eigenvalue weighted by Crippen LogP contribution is -2.34. The number of rotatable bonds is 5. The number of ether oxygens (including phenoxy) is 1. The van der Waals surface area contributed by atoms with Crippen LogP contribution < -0.4 is 15.4 Å². The number of carbonyl (C=O) groups is 1. The van der Waals surface area contributed by atoms with Gasteiger partial charge in [-0.1, -0.05) is 12.1 Å². The molecule has 1 aliphatic heterocycles. The fourth-order valence-corrected chi connectivity index (χ4v) is 2.07. The lowest BCUT2D eigenvalue weighted by molar-refractivity contribution is -0.124. The van der Waals surface area contributed by atoms with Crippen LogP contribution >= 0.6 is 0 Å². The number of hydrogen-bond donors (Lipinski definition) is 2. The van der Waals surface area contributed by atoms with Gasteiger partial charge in [0.25, 0.3) is 0 Å². The highest BCUT2D eigenvalue weighted by Crippen LogP contribution is 2.12. The largest absolute Gasteiger partial charge is 0.492 e. The molecule has 0 radical (unpaired) electrons. The van der Waals surface area contributed by atoms with Crippen LogP contribution in [-0.2, 0) is 4.79 Å². The summed E-state index contributed by atoms with van der Waals surface area (Å²) in [4.78, 5) is 11.7. The van der Waals surface area contributed by atoms with Crippen LogP contribution in [0.3, 0.4) is 0 Å². The van der Waals surface area contributed by atoms with Gasteiger partial charge in [-0.3, -0.25) is 4.79 Å². The summed E-state index contributed by atoms with van der Waals surface area (Å²) in [5.74, 6) is 1.11. The average molecular weight is 248 g/mol. The van der Waals surface area contributed by atoms with Crippen LogP contribution in [0.2, 0.25) is 0 Å². The first kappa shape index (κ1) is 12.9. The fraction of sp³-hybridized carbons (Fsp3) is 0.500. The number of benzene rings is 1. The summed E-state index contributed by atoms with van der Waals surface area (Å²) < 4.78 is 5.57. The summed E-state index contributed by atoms with van der Waals surface area (Å²) in [6.07, 6.45) is 0.935. The molecule has 1 aliphatic rings. The third-order valence-corrected chi connectivity index (χ3v) is 3.09. The average Bonchev–Trinajstić information content (AvgIpc) is 2.88. The van der Waals surface area contributed by atoms with Crippen LogP contribution in [0, 0.1) is 12.8 Å². The second kappa shape index (κ2) is 6.40. The standard InChI is InChI=1S/C14H20N2O2/c1-11-3-2-4-13(9-11)18-8-7-16-14(17)12-5-6-15-10-12/h2-4,9,12,15H,5-8,10H2,1H3,(H,16,17). The zero-order valence-electron chi connectivity index (χ0n) is 10.7. The molecule has 0 spiro atoms. The lowest BCUT2D eigenvalue weighted by Gasteiger charge is -2.11. The highest BCUT2D eigenvalue weighted by Gasteiger charge is 2.21. The molecule has 1 aromatic rings. The molecule has 1 fully saturated rings. The molecule has 1 amide bonds. The minimum atomic E-state index is 0.129. The van der Waals surface area contributed by atoms with Crippen molar-refractivity contribution in [2.45, 2.75) is 13.3 Å². The van der Waals surface area contributed by atoms with Crippen molar-refractivity contribution in [2.75, 3.05) is 26.2 Å². The minimum absolute atomic E-state index is 0.129. The van der Waals surface area contributed by atoms with Gasteiger partial charge in [0.2, 0.25) is 5.91 Å². The van der Waals surface area contributed by atoms with E-state index in [1.807, 2.05) is 31.2 Å². The molecule has 98 valence electrons. The van der Waals surface area contributed by atoms with E-state index in [-0.39, 0.29) is 11.8 Å². The van der Waals surface area contributed by atoms with Crippen molar-refractivity contribution < 1.29 is 9.53 Å². The summed E-state index contributed by atoms with van der Waals surface area (Å²) in [7, 11) is 0. The quantitative estimate of drug-likeness (QED) is 0.767. The molecule has 18 heavy (non-hydrogen) atoms. The van der Waals surface area contributed by atoms with Crippen LogP contribution in [0.15, 0.2) is 24.3 Å². The Morgan fingerprint density at radius 3 is 3.17 bits per heavy atom. The van der Waals surface area contributed by atoms with Crippen LogP contribution in [-0.4, -0.2) is 32.1 Å². The van der Waals surface area contributed by atoms with E-state index in [9.17, 15) is 4.79 Å². The Balaban J connectivity index is 1.65. The Morgan fingerprint density at radius 1 is 1.56 bits per heavy atom. The molecule has 2 N–H and O–H groups in total. The van der Waals surface area contributed by atoms with Gasteiger partial charge in [-0.25, -0.2) is 0 Å². The van der Waals surface area contributed by atoms with Crippen LogP contribution in [0.4, 0.5) is 0 Å². The number of aryl methyl sites for hydroxylation is 1. The molecule has 0 aliphatic carbocycles. The first-order valence-corrected chi connectivity index (χ1v) is 6.43. The molecular weight excluding hydrogens is 228 g/mol. The molecule has 4 nitrogen and oxygen atoms in total.